The number of aromatic carboxylic acids is 1. The molecule has 3 aromatic carbocycles. The molecule has 0 amide bonds. The summed E-state index contributed by atoms with van der Waals surface area (Å²) in [7, 11) is 0. The molecule has 270 valence electrons. The highest BCUT2D eigenvalue weighted by atomic mass is 32.2. The topological polar surface area (TPSA) is 87.1 Å². The lowest BCUT2D eigenvalue weighted by atomic mass is 9.82. The van der Waals surface area contributed by atoms with Gasteiger partial charge in [-0.3, -0.25) is 4.79 Å². The van der Waals surface area contributed by atoms with Gasteiger partial charge in [-0.2, -0.15) is 0 Å². The summed E-state index contributed by atoms with van der Waals surface area (Å²) < 4.78 is 55.7. The molecule has 3 aromatic rings. The number of fused-ring (bicyclic) bond motifs is 3. The minimum absolute atomic E-state index is 0.0835. The van der Waals surface area contributed by atoms with Crippen molar-refractivity contribution in [2.24, 2.45) is 5.41 Å². The fourth-order valence-electron chi connectivity index (χ4n) is 7.90. The average Bonchev–Trinajstić information content (AvgIpc) is 3.27. The number of hydrogen-bond donors (Lipinski definition) is 2. The summed E-state index contributed by atoms with van der Waals surface area (Å²) in [6, 6.07) is 3.72. The Morgan fingerprint density at radius 2 is 1.75 bits per heavy atom. The number of aryl methyl sites for hydroxylation is 1. The molecule has 3 aliphatic heterocycles. The normalized spacial score (nSPS) is 15.5. The molecule has 0 atom stereocenters. The number of thioether (sulfide) groups is 1. The molecule has 3 heterocycles. The number of unbranched alkanes of at least 4 members (excludes halogenated alkanes) is 1. The number of benzene rings is 3. The quantitative estimate of drug-likeness (QED) is 0.132. The van der Waals surface area contributed by atoms with Crippen LogP contribution in [0.15, 0.2) is 23.1 Å². The van der Waals surface area contributed by atoms with E-state index in [1.807, 2.05) is 19.1 Å². The molecule has 0 radical (unpaired) electrons. The maximum absolute atomic E-state index is 17.1. The van der Waals surface area contributed by atoms with Gasteiger partial charge < -0.3 is 19.8 Å². The molecule has 0 spiro atoms. The molecular weight excluding hydrogens is 676 g/mol. The van der Waals surface area contributed by atoms with Crippen molar-refractivity contribution in [3.05, 3.63) is 85.0 Å². The number of aliphatic carboxylic acids is 1. The zero-order valence-corrected chi connectivity index (χ0v) is 30.6. The van der Waals surface area contributed by atoms with Crippen LogP contribution in [0.25, 0.3) is 17.7 Å². The Hall–Kier alpha value is -4.18. The number of halogens is 3. The monoisotopic (exact) mass is 719 g/mol. The van der Waals surface area contributed by atoms with Crippen molar-refractivity contribution in [2.75, 3.05) is 23.7 Å². The van der Waals surface area contributed by atoms with Gasteiger partial charge in [-0.25, -0.2) is 18.0 Å². The first-order chi connectivity index (χ1) is 24.1. The standard InChI is InChI=1S/C41H44F3NO5S/c1-7-8-13-24-22(3)26(21(2)19-41(4,5)6)18-28-30(31-32(40(48)49)33(42)35(44)39(34(31)43)51-20-29(46)47)27-17-23-12-9-10-15-45-16-11-14-25(36(23)45)38(27)50-37(24)28/h17-19H,3,7-16,20H2,1-2,4-6H3,(H,46,47)(H,48,49)/b21-19-. The van der Waals surface area contributed by atoms with E-state index >= 15 is 13.2 Å². The van der Waals surface area contributed by atoms with Crippen LogP contribution in [0.2, 0.25) is 0 Å². The van der Waals surface area contributed by atoms with Gasteiger partial charge in [0.15, 0.2) is 11.6 Å². The van der Waals surface area contributed by atoms with Gasteiger partial charge in [0.25, 0.3) is 0 Å². The Morgan fingerprint density at radius 3 is 2.41 bits per heavy atom. The largest absolute Gasteiger partial charge is 0.481 e. The Balaban J connectivity index is 1.86. The van der Waals surface area contributed by atoms with E-state index in [0.717, 1.165) is 90.3 Å². The number of hydrogen-bond acceptors (Lipinski definition) is 5. The van der Waals surface area contributed by atoms with Crippen molar-refractivity contribution in [1.82, 2.24) is 0 Å². The highest BCUT2D eigenvalue weighted by Crippen LogP contribution is 2.50. The Labute approximate surface area is 300 Å². The van der Waals surface area contributed by atoms with Gasteiger partial charge in [0, 0.05) is 51.8 Å². The maximum Gasteiger partial charge on any atom is 0.339 e. The molecule has 2 N–H and O–H groups in total. The van der Waals surface area contributed by atoms with Crippen molar-refractivity contribution in [3.63, 3.8) is 0 Å². The molecule has 3 aliphatic rings. The lowest BCUT2D eigenvalue weighted by molar-refractivity contribution is -0.133. The molecule has 0 saturated carbocycles. The molecule has 0 bridgehead atoms. The van der Waals surface area contributed by atoms with Crippen molar-refractivity contribution in [3.8, 4) is 11.5 Å². The second-order valence-electron chi connectivity index (χ2n) is 14.8. The Bertz CT molecular complexity index is 2120. The van der Waals surface area contributed by atoms with Gasteiger partial charge in [0.1, 0.15) is 22.9 Å². The highest BCUT2D eigenvalue weighted by molar-refractivity contribution is 8.00. The van der Waals surface area contributed by atoms with Crippen LogP contribution in [-0.2, 0) is 24.1 Å². The molecule has 10 heteroatoms. The van der Waals surface area contributed by atoms with Crippen molar-refractivity contribution in [1.29, 1.82) is 0 Å². The third kappa shape index (κ3) is 6.67. The van der Waals surface area contributed by atoms with E-state index in [9.17, 15) is 19.8 Å². The summed E-state index contributed by atoms with van der Waals surface area (Å²) in [5, 5.41) is 20.9. The number of carboxylic acid groups (broad SMARTS) is 2. The summed E-state index contributed by atoms with van der Waals surface area (Å²) in [6.45, 7) is 16.5. The van der Waals surface area contributed by atoms with Gasteiger partial charge >= 0.3 is 11.9 Å². The minimum Gasteiger partial charge on any atom is -0.481 e. The van der Waals surface area contributed by atoms with Gasteiger partial charge in [-0.15, -0.1) is 11.8 Å². The van der Waals surface area contributed by atoms with E-state index in [1.54, 1.807) is 0 Å². The Morgan fingerprint density at radius 1 is 1.02 bits per heavy atom. The van der Waals surface area contributed by atoms with Crippen molar-refractivity contribution < 1.29 is 37.7 Å². The fourth-order valence-corrected chi connectivity index (χ4v) is 8.61. The predicted octanol–water partition coefficient (Wildman–Crippen LogP) is 8.62. The Kier molecular flexibility index (Phi) is 10.1. The molecule has 0 unspecified atom stereocenters. The van der Waals surface area contributed by atoms with Crippen LogP contribution in [0.1, 0.15) is 110 Å². The third-order valence-corrected chi connectivity index (χ3v) is 10.9. The van der Waals surface area contributed by atoms with E-state index in [2.05, 4.69) is 45.2 Å². The fraction of sp³-hybridized carbons (Fsp3) is 0.415. The molecule has 0 aliphatic carbocycles. The molecule has 6 nitrogen and oxygen atoms in total. The summed E-state index contributed by atoms with van der Waals surface area (Å²) in [5.74, 6) is -7.93. The molecule has 0 fully saturated rings. The summed E-state index contributed by atoms with van der Waals surface area (Å²) in [6.07, 6.45) is 8.46. The lowest BCUT2D eigenvalue weighted by Gasteiger charge is -2.36. The zero-order valence-electron chi connectivity index (χ0n) is 29.8. The van der Waals surface area contributed by atoms with Crippen molar-refractivity contribution in [2.45, 2.75) is 90.9 Å². The van der Waals surface area contributed by atoms with Crippen LogP contribution in [0.3, 0.4) is 0 Å². The molecule has 51 heavy (non-hydrogen) atoms. The van der Waals surface area contributed by atoms with E-state index in [1.165, 1.54) is 0 Å². The van der Waals surface area contributed by atoms with Gasteiger partial charge in [0.05, 0.1) is 10.6 Å². The van der Waals surface area contributed by atoms with E-state index in [0.29, 0.717) is 35.1 Å². The first-order valence-electron chi connectivity index (χ1n) is 17.6. The predicted molar refractivity (Wildman–Crippen MR) is 196 cm³/mol. The number of anilines is 1. The molecule has 0 saturated heterocycles. The van der Waals surface area contributed by atoms with Crippen LogP contribution in [0, 0.1) is 22.9 Å². The SMILES string of the molecule is C=c1c(/C(C)=C\C(C)(C)C)cc2c(c1CCCC)Oc1c(cc3c4c1CCCN4CCCC3)C=2c1c(F)c(SCC(=O)O)c(F)c(F)c1C(=O)O. The summed E-state index contributed by atoms with van der Waals surface area (Å²) >= 11 is 0.278. The second-order valence-corrected chi connectivity index (χ2v) is 15.8. The molecule has 6 rings (SSSR count). The number of nitrogens with zero attached hydrogens (tertiary/aromatic N) is 1. The zero-order chi connectivity index (χ0) is 36.9. The summed E-state index contributed by atoms with van der Waals surface area (Å²) in [4.78, 5) is 25.9. The molecular formula is C41H44F3NO5S. The van der Waals surface area contributed by atoms with Crippen LogP contribution in [-0.4, -0.2) is 41.0 Å². The lowest BCUT2D eigenvalue weighted by Crippen LogP contribution is -2.32. The highest BCUT2D eigenvalue weighted by Gasteiger charge is 2.38. The second kappa shape index (κ2) is 14.1. The van der Waals surface area contributed by atoms with Crippen LogP contribution < -0.4 is 20.1 Å². The first kappa shape index (κ1) is 36.6. The number of allylic oxidation sites excluding steroid dienone is 2. The van der Waals surface area contributed by atoms with Gasteiger partial charge in [0.2, 0.25) is 0 Å². The maximum atomic E-state index is 17.1. The van der Waals surface area contributed by atoms with Crippen LogP contribution in [0.4, 0.5) is 18.9 Å². The van der Waals surface area contributed by atoms with E-state index in [-0.39, 0.29) is 22.7 Å². The molecule has 0 aromatic heterocycles. The first-order valence-corrected chi connectivity index (χ1v) is 18.6. The van der Waals surface area contributed by atoms with Gasteiger partial charge in [-0.1, -0.05) is 46.8 Å². The summed E-state index contributed by atoms with van der Waals surface area (Å²) in [5.41, 5.74) is 3.94. The van der Waals surface area contributed by atoms with Crippen molar-refractivity contribution >= 4 is 47.1 Å². The van der Waals surface area contributed by atoms with Gasteiger partial charge in [-0.05, 0) is 91.3 Å². The smallest absolute Gasteiger partial charge is 0.339 e. The third-order valence-electron chi connectivity index (χ3n) is 9.90. The number of ether oxygens (including phenoxy) is 1. The van der Waals surface area contributed by atoms with E-state index < -0.39 is 51.2 Å². The minimum atomic E-state index is -1.84. The average molecular weight is 720 g/mol. The van der Waals surface area contributed by atoms with Crippen LogP contribution >= 0.6 is 11.8 Å². The van der Waals surface area contributed by atoms with Crippen LogP contribution in [0.5, 0.6) is 11.5 Å². The van der Waals surface area contributed by atoms with E-state index in [4.69, 9.17) is 4.74 Å². The number of carbonyl (C=O) groups is 2. The number of carboxylic acids is 2. The number of rotatable bonds is 9.